The van der Waals surface area contributed by atoms with Gasteiger partial charge in [0.05, 0.1) is 24.3 Å². The van der Waals surface area contributed by atoms with Crippen LogP contribution in [-0.2, 0) is 9.47 Å². The van der Waals surface area contributed by atoms with Crippen LogP contribution in [0.15, 0.2) is 24.3 Å². The minimum Gasteiger partial charge on any atom is -1.00 e. The third-order valence-electron chi connectivity index (χ3n) is 4.83. The van der Waals surface area contributed by atoms with Crippen LogP contribution in [0, 0.1) is 0 Å². The van der Waals surface area contributed by atoms with E-state index in [1.807, 2.05) is 0 Å². The molecule has 0 amide bonds. The Morgan fingerprint density at radius 2 is 1.03 bits per heavy atom. The van der Waals surface area contributed by atoms with Gasteiger partial charge in [-0.2, -0.15) is 0 Å². The first-order chi connectivity index (χ1) is 13.7. The maximum Gasteiger partial charge on any atom is 1.00 e. The number of hydrogen-bond acceptors (Lipinski definition) is 4. The molecule has 0 aromatic heterocycles. The van der Waals surface area contributed by atoms with Crippen molar-refractivity contribution >= 4 is 11.9 Å². The molecule has 0 atom stereocenters. The minimum absolute atomic E-state index is 0. The van der Waals surface area contributed by atoms with Crippen LogP contribution >= 0.6 is 0 Å². The molecule has 1 aromatic carbocycles. The zero-order valence-corrected chi connectivity index (χ0v) is 22.0. The Morgan fingerprint density at radius 3 is 1.41 bits per heavy atom. The largest absolute Gasteiger partial charge is 1.00 e. The number of carbonyl (C=O) groups excluding carboxylic acids is 2. The molecule has 1 rings (SSSR count). The third kappa shape index (κ3) is 13.7. The summed E-state index contributed by atoms with van der Waals surface area (Å²) in [7, 11) is 0. The number of hydrogen-bond donors (Lipinski definition) is 0. The van der Waals surface area contributed by atoms with Gasteiger partial charge in [-0.15, -0.1) is 0 Å². The summed E-state index contributed by atoms with van der Waals surface area (Å²) in [6, 6.07) is 6.74. The number of carbonyl (C=O) groups is 2. The van der Waals surface area contributed by atoms with E-state index in [1.165, 1.54) is 51.4 Å². The van der Waals surface area contributed by atoms with E-state index in [4.69, 9.17) is 9.47 Å². The minimum atomic E-state index is -0.444. The van der Waals surface area contributed by atoms with Gasteiger partial charge in [-0.25, -0.2) is 9.59 Å². The molecule has 0 radical (unpaired) electrons. The van der Waals surface area contributed by atoms with Crippen molar-refractivity contribution in [2.24, 2.45) is 0 Å². The molecule has 1 aromatic rings. The molecule has 0 saturated heterocycles. The van der Waals surface area contributed by atoms with Crippen molar-refractivity contribution in [3.8, 4) is 0 Å². The van der Waals surface area contributed by atoms with Gasteiger partial charge < -0.3 is 10.9 Å². The molecule has 0 saturated carbocycles. The summed E-state index contributed by atoms with van der Waals surface area (Å²) < 4.78 is 10.7. The van der Waals surface area contributed by atoms with Gasteiger partial charge in [0.1, 0.15) is 0 Å². The maximum absolute atomic E-state index is 12.4. The topological polar surface area (TPSA) is 52.6 Å². The van der Waals surface area contributed by atoms with Gasteiger partial charge in [0.15, 0.2) is 0 Å². The molecule has 0 spiro atoms. The Bertz CT molecular complexity index is 521. The van der Waals surface area contributed by atoms with E-state index < -0.39 is 11.9 Å². The van der Waals surface area contributed by atoms with E-state index in [0.29, 0.717) is 24.3 Å². The van der Waals surface area contributed by atoms with Gasteiger partial charge in [-0.1, -0.05) is 90.2 Å². The van der Waals surface area contributed by atoms with Crippen LogP contribution in [0.3, 0.4) is 0 Å². The first-order valence-corrected chi connectivity index (χ1v) is 11.1. The predicted molar refractivity (Wildman–Crippen MR) is 116 cm³/mol. The fourth-order valence-corrected chi connectivity index (χ4v) is 3.09. The van der Waals surface area contributed by atoms with Gasteiger partial charge in [0.2, 0.25) is 0 Å². The average molecular weight is 432 g/mol. The number of esters is 2. The van der Waals surface area contributed by atoms with Crippen molar-refractivity contribution < 1.29 is 73.3 Å². The SMILES string of the molecule is CCCCCCCCOC(=O)c1ccccc1C(=O)OCCCCCCCC.[H+].[H-].[K+]. The number of rotatable bonds is 16. The van der Waals surface area contributed by atoms with Crippen molar-refractivity contribution in [3.63, 3.8) is 0 Å². The molecule has 0 heterocycles. The van der Waals surface area contributed by atoms with Gasteiger partial charge >= 0.3 is 64.7 Å². The van der Waals surface area contributed by atoms with Crippen molar-refractivity contribution in [2.75, 3.05) is 13.2 Å². The summed E-state index contributed by atoms with van der Waals surface area (Å²) in [6.07, 6.45) is 13.6. The van der Waals surface area contributed by atoms with Crippen LogP contribution in [0.25, 0.3) is 0 Å². The van der Waals surface area contributed by atoms with E-state index in [-0.39, 0.29) is 54.2 Å². The van der Waals surface area contributed by atoms with Gasteiger partial charge in [0, 0.05) is 0 Å². The molecular formula is C24H40KO4+. The summed E-state index contributed by atoms with van der Waals surface area (Å²) in [6.45, 7) is 5.17. The summed E-state index contributed by atoms with van der Waals surface area (Å²) in [5.74, 6) is -0.888. The van der Waals surface area contributed by atoms with Crippen molar-refractivity contribution in [1.82, 2.24) is 0 Å². The Hall–Kier alpha value is -0.204. The normalized spacial score (nSPS) is 10.3. The molecule has 0 aliphatic heterocycles. The molecule has 0 N–H and O–H groups in total. The zero-order chi connectivity index (χ0) is 20.5. The van der Waals surface area contributed by atoms with Crippen LogP contribution in [0.5, 0.6) is 0 Å². The van der Waals surface area contributed by atoms with Crippen molar-refractivity contribution in [2.45, 2.75) is 90.9 Å². The van der Waals surface area contributed by atoms with Gasteiger partial charge in [-0.05, 0) is 25.0 Å². The monoisotopic (exact) mass is 431 g/mol. The molecule has 5 heteroatoms. The Labute approximate surface area is 222 Å². The third-order valence-corrected chi connectivity index (χ3v) is 4.83. The molecule has 0 bridgehead atoms. The van der Waals surface area contributed by atoms with Gasteiger partial charge in [0.25, 0.3) is 0 Å². The summed E-state index contributed by atoms with van der Waals surface area (Å²) >= 11 is 0. The van der Waals surface area contributed by atoms with E-state index in [9.17, 15) is 9.59 Å². The van der Waals surface area contributed by atoms with Gasteiger partial charge in [-0.3, -0.25) is 0 Å². The second-order valence-corrected chi connectivity index (χ2v) is 7.35. The molecule has 0 aliphatic carbocycles. The average Bonchev–Trinajstić information content (AvgIpc) is 2.72. The van der Waals surface area contributed by atoms with Crippen LogP contribution in [0.4, 0.5) is 0 Å². The summed E-state index contributed by atoms with van der Waals surface area (Å²) in [5, 5.41) is 0. The second kappa shape index (κ2) is 19.7. The fraction of sp³-hybridized carbons (Fsp3) is 0.667. The van der Waals surface area contributed by atoms with Crippen LogP contribution in [0.2, 0.25) is 0 Å². The fourth-order valence-electron chi connectivity index (χ4n) is 3.09. The second-order valence-electron chi connectivity index (χ2n) is 7.35. The van der Waals surface area contributed by atoms with Crippen molar-refractivity contribution in [3.05, 3.63) is 35.4 Å². The molecule has 0 aliphatic rings. The first-order valence-electron chi connectivity index (χ1n) is 11.1. The number of benzene rings is 1. The van der Waals surface area contributed by atoms with E-state index in [0.717, 1.165) is 25.7 Å². The summed E-state index contributed by atoms with van der Waals surface area (Å²) in [5.41, 5.74) is 0.586. The van der Waals surface area contributed by atoms with Crippen molar-refractivity contribution in [1.29, 1.82) is 0 Å². The van der Waals surface area contributed by atoms with Crippen LogP contribution in [-0.4, -0.2) is 25.2 Å². The maximum atomic E-state index is 12.4. The zero-order valence-electron chi connectivity index (χ0n) is 20.8. The smallest absolute Gasteiger partial charge is 1.00 e. The molecule has 0 fully saturated rings. The van der Waals surface area contributed by atoms with Crippen LogP contribution in [0.1, 0.15) is 114 Å². The molecule has 160 valence electrons. The first kappa shape index (κ1) is 28.8. The molecule has 29 heavy (non-hydrogen) atoms. The van der Waals surface area contributed by atoms with E-state index in [2.05, 4.69) is 13.8 Å². The molecular weight excluding hydrogens is 391 g/mol. The summed E-state index contributed by atoms with van der Waals surface area (Å²) in [4.78, 5) is 24.7. The Morgan fingerprint density at radius 1 is 0.690 bits per heavy atom. The molecule has 4 nitrogen and oxygen atoms in total. The standard InChI is InChI=1S/C24H38O4.K.H/c1-3-5-7-9-11-15-19-27-23(25)21-17-13-14-18-22(21)24(26)28-20-16-12-10-8-6-4-2;;/h13-14,17-18H,3-12,15-16,19-20H2,1-2H3;;/q;+1;-1/p+1. The van der Waals surface area contributed by atoms with E-state index in [1.54, 1.807) is 24.3 Å². The Balaban J connectivity index is -0.00000261. The number of unbranched alkanes of at least 4 members (excludes halogenated alkanes) is 10. The number of ether oxygens (including phenoxy) is 2. The van der Waals surface area contributed by atoms with E-state index >= 15 is 0 Å². The molecule has 0 unspecified atom stereocenters. The quantitative estimate of drug-likeness (QED) is 0.226. The predicted octanol–water partition coefficient (Wildman–Crippen LogP) is 3.95. The Kier molecular flexibility index (Phi) is 19.6. The van der Waals surface area contributed by atoms with Crippen LogP contribution < -0.4 is 51.4 Å².